The van der Waals surface area contributed by atoms with Gasteiger partial charge in [-0.1, -0.05) is 6.92 Å². The molecule has 114 valence electrons. The summed E-state index contributed by atoms with van der Waals surface area (Å²) in [5.41, 5.74) is 1.23. The van der Waals surface area contributed by atoms with Crippen LogP contribution >= 0.6 is 15.9 Å². The van der Waals surface area contributed by atoms with Gasteiger partial charge in [-0.15, -0.1) is 0 Å². The first-order valence-corrected chi connectivity index (χ1v) is 8.20. The van der Waals surface area contributed by atoms with Gasteiger partial charge >= 0.3 is 0 Å². The molecule has 1 aromatic heterocycles. The maximum atomic E-state index is 5.46. The molecular formula is C15H26BrN3O. The predicted octanol–water partition coefficient (Wildman–Crippen LogP) is 3.21. The molecule has 0 radical (unpaired) electrons. The Labute approximate surface area is 131 Å². The SMILES string of the molecule is CCCNCc1cc(Br)cnc1N(CC)CCOCC. The van der Waals surface area contributed by atoms with E-state index in [1.54, 1.807) is 0 Å². The lowest BCUT2D eigenvalue weighted by Gasteiger charge is -2.24. The van der Waals surface area contributed by atoms with Crippen molar-refractivity contribution in [3.63, 3.8) is 0 Å². The van der Waals surface area contributed by atoms with Crippen molar-refractivity contribution in [2.24, 2.45) is 0 Å². The fourth-order valence-corrected chi connectivity index (χ4v) is 2.40. The number of rotatable bonds is 10. The highest BCUT2D eigenvalue weighted by Crippen LogP contribution is 2.21. The van der Waals surface area contributed by atoms with E-state index >= 15 is 0 Å². The maximum absolute atomic E-state index is 5.46. The van der Waals surface area contributed by atoms with E-state index in [1.807, 2.05) is 13.1 Å². The molecule has 0 saturated heterocycles. The van der Waals surface area contributed by atoms with Crippen molar-refractivity contribution in [3.05, 3.63) is 22.3 Å². The topological polar surface area (TPSA) is 37.4 Å². The fourth-order valence-electron chi connectivity index (χ4n) is 2.02. The number of nitrogens with zero attached hydrogens (tertiary/aromatic N) is 2. The summed E-state index contributed by atoms with van der Waals surface area (Å²) in [5.74, 6) is 1.05. The number of aromatic nitrogens is 1. The van der Waals surface area contributed by atoms with Crippen molar-refractivity contribution < 1.29 is 4.74 Å². The summed E-state index contributed by atoms with van der Waals surface area (Å²) in [4.78, 5) is 6.86. The van der Waals surface area contributed by atoms with Crippen LogP contribution < -0.4 is 10.2 Å². The molecule has 0 saturated carbocycles. The lowest BCUT2D eigenvalue weighted by molar-refractivity contribution is 0.154. The van der Waals surface area contributed by atoms with Gasteiger partial charge in [0.2, 0.25) is 0 Å². The summed E-state index contributed by atoms with van der Waals surface area (Å²) in [5, 5.41) is 3.45. The molecule has 0 aliphatic heterocycles. The minimum absolute atomic E-state index is 0.740. The van der Waals surface area contributed by atoms with Gasteiger partial charge in [0.25, 0.3) is 0 Å². The van der Waals surface area contributed by atoms with Crippen LogP contribution in [0.3, 0.4) is 0 Å². The second-order valence-electron chi connectivity index (χ2n) is 4.59. The summed E-state index contributed by atoms with van der Waals surface area (Å²) in [6.45, 7) is 11.5. The molecule has 0 atom stereocenters. The van der Waals surface area contributed by atoms with Gasteiger partial charge in [0, 0.05) is 42.5 Å². The summed E-state index contributed by atoms with van der Waals surface area (Å²) in [6.07, 6.45) is 3.00. The number of likely N-dealkylation sites (N-methyl/N-ethyl adjacent to an activating group) is 1. The summed E-state index contributed by atoms with van der Waals surface area (Å²) in [6, 6.07) is 2.15. The average molecular weight is 344 g/mol. The van der Waals surface area contributed by atoms with Gasteiger partial charge in [-0.25, -0.2) is 4.98 Å². The Kier molecular flexibility index (Phi) is 8.82. The molecule has 0 amide bonds. The number of hydrogen-bond donors (Lipinski definition) is 1. The number of hydrogen-bond acceptors (Lipinski definition) is 4. The van der Waals surface area contributed by atoms with Gasteiger partial charge in [0.05, 0.1) is 6.61 Å². The van der Waals surface area contributed by atoms with E-state index in [4.69, 9.17) is 4.74 Å². The van der Waals surface area contributed by atoms with Crippen LogP contribution in [-0.2, 0) is 11.3 Å². The van der Waals surface area contributed by atoms with Crippen LogP contribution in [0.25, 0.3) is 0 Å². The van der Waals surface area contributed by atoms with E-state index in [2.05, 4.69) is 51.0 Å². The molecule has 0 fully saturated rings. The second-order valence-corrected chi connectivity index (χ2v) is 5.51. The first-order valence-electron chi connectivity index (χ1n) is 7.40. The van der Waals surface area contributed by atoms with Crippen LogP contribution in [0.4, 0.5) is 5.82 Å². The number of anilines is 1. The zero-order chi connectivity index (χ0) is 14.8. The highest BCUT2D eigenvalue weighted by molar-refractivity contribution is 9.10. The van der Waals surface area contributed by atoms with E-state index in [1.165, 1.54) is 5.56 Å². The average Bonchev–Trinajstić information content (AvgIpc) is 2.45. The normalized spacial score (nSPS) is 10.8. The minimum Gasteiger partial charge on any atom is -0.380 e. The standard InChI is InChI=1S/C15H26BrN3O/c1-4-7-17-11-13-10-14(16)12-18-15(13)19(5-2)8-9-20-6-3/h10,12,17H,4-9,11H2,1-3H3. The predicted molar refractivity (Wildman–Crippen MR) is 88.3 cm³/mol. The Morgan fingerprint density at radius 3 is 2.80 bits per heavy atom. The van der Waals surface area contributed by atoms with Gasteiger partial charge in [-0.05, 0) is 48.8 Å². The number of pyridine rings is 1. The van der Waals surface area contributed by atoms with Crippen molar-refractivity contribution in [2.75, 3.05) is 37.7 Å². The monoisotopic (exact) mass is 343 g/mol. The van der Waals surface area contributed by atoms with Crippen molar-refractivity contribution in [3.8, 4) is 0 Å². The smallest absolute Gasteiger partial charge is 0.133 e. The molecule has 0 bridgehead atoms. The highest BCUT2D eigenvalue weighted by Gasteiger charge is 2.11. The highest BCUT2D eigenvalue weighted by atomic mass is 79.9. The summed E-state index contributed by atoms with van der Waals surface area (Å²) >= 11 is 3.51. The molecule has 20 heavy (non-hydrogen) atoms. The third-order valence-corrected chi connectivity index (χ3v) is 3.48. The van der Waals surface area contributed by atoms with Crippen molar-refractivity contribution >= 4 is 21.7 Å². The third kappa shape index (κ3) is 5.77. The van der Waals surface area contributed by atoms with E-state index in [0.717, 1.165) is 56.1 Å². The first-order chi connectivity index (χ1) is 9.72. The molecule has 1 rings (SSSR count). The van der Waals surface area contributed by atoms with Crippen molar-refractivity contribution in [1.29, 1.82) is 0 Å². The van der Waals surface area contributed by atoms with Crippen LogP contribution in [0.5, 0.6) is 0 Å². The fraction of sp³-hybridized carbons (Fsp3) is 0.667. The van der Waals surface area contributed by atoms with Crippen molar-refractivity contribution in [1.82, 2.24) is 10.3 Å². The number of ether oxygens (including phenoxy) is 1. The number of nitrogens with one attached hydrogen (secondary N) is 1. The quantitative estimate of drug-likeness (QED) is 0.662. The Balaban J connectivity index is 2.78. The molecule has 0 aliphatic rings. The lowest BCUT2D eigenvalue weighted by atomic mass is 10.2. The Hall–Kier alpha value is -0.650. The van der Waals surface area contributed by atoms with Gasteiger partial charge in [0.15, 0.2) is 0 Å². The minimum atomic E-state index is 0.740. The molecular weight excluding hydrogens is 318 g/mol. The van der Waals surface area contributed by atoms with Crippen LogP contribution in [-0.4, -0.2) is 37.8 Å². The molecule has 0 aliphatic carbocycles. The Bertz CT molecular complexity index is 387. The summed E-state index contributed by atoms with van der Waals surface area (Å²) < 4.78 is 6.48. The molecule has 1 heterocycles. The molecule has 1 aromatic rings. The van der Waals surface area contributed by atoms with Crippen molar-refractivity contribution in [2.45, 2.75) is 33.7 Å². The van der Waals surface area contributed by atoms with Crippen LogP contribution in [0.2, 0.25) is 0 Å². The first kappa shape index (κ1) is 17.4. The summed E-state index contributed by atoms with van der Waals surface area (Å²) in [7, 11) is 0. The van der Waals surface area contributed by atoms with E-state index in [-0.39, 0.29) is 0 Å². The Morgan fingerprint density at radius 1 is 1.35 bits per heavy atom. The second kappa shape index (κ2) is 10.1. The zero-order valence-corrected chi connectivity index (χ0v) is 14.4. The van der Waals surface area contributed by atoms with Gasteiger partial charge < -0.3 is 15.0 Å². The van der Waals surface area contributed by atoms with Crippen LogP contribution in [0, 0.1) is 0 Å². The van der Waals surface area contributed by atoms with Crippen LogP contribution in [0.1, 0.15) is 32.8 Å². The van der Waals surface area contributed by atoms with E-state index in [9.17, 15) is 0 Å². The number of halogens is 1. The van der Waals surface area contributed by atoms with Gasteiger partial charge in [0.1, 0.15) is 5.82 Å². The van der Waals surface area contributed by atoms with E-state index < -0.39 is 0 Å². The lowest BCUT2D eigenvalue weighted by Crippen LogP contribution is -2.30. The maximum Gasteiger partial charge on any atom is 0.133 e. The van der Waals surface area contributed by atoms with Gasteiger partial charge in [-0.3, -0.25) is 0 Å². The Morgan fingerprint density at radius 2 is 2.15 bits per heavy atom. The molecule has 4 nitrogen and oxygen atoms in total. The van der Waals surface area contributed by atoms with Crippen LogP contribution in [0.15, 0.2) is 16.7 Å². The molecule has 1 N–H and O–H groups in total. The molecule has 0 aromatic carbocycles. The largest absolute Gasteiger partial charge is 0.380 e. The molecule has 5 heteroatoms. The molecule has 0 unspecified atom stereocenters. The zero-order valence-electron chi connectivity index (χ0n) is 12.8. The molecule has 0 spiro atoms. The van der Waals surface area contributed by atoms with Gasteiger partial charge in [-0.2, -0.15) is 0 Å². The third-order valence-electron chi connectivity index (χ3n) is 3.04. The van der Waals surface area contributed by atoms with E-state index in [0.29, 0.717) is 0 Å².